The van der Waals surface area contributed by atoms with Gasteiger partial charge in [0.05, 0.1) is 4.47 Å². The summed E-state index contributed by atoms with van der Waals surface area (Å²) in [6.45, 7) is 0.633. The number of hydrogen-bond acceptors (Lipinski definition) is 3. The highest BCUT2D eigenvalue weighted by atomic mass is 79.9. The van der Waals surface area contributed by atoms with Crippen molar-refractivity contribution in [2.45, 2.75) is 6.54 Å². The molecule has 0 amide bonds. The van der Waals surface area contributed by atoms with Gasteiger partial charge in [-0.2, -0.15) is 5.26 Å². The zero-order chi connectivity index (χ0) is 14.4. The van der Waals surface area contributed by atoms with Crippen molar-refractivity contribution in [2.24, 2.45) is 0 Å². The van der Waals surface area contributed by atoms with Crippen LogP contribution in [0.1, 0.15) is 5.56 Å². The van der Waals surface area contributed by atoms with E-state index in [4.69, 9.17) is 10.00 Å². The molecule has 0 bridgehead atoms. The molecule has 20 heavy (non-hydrogen) atoms. The van der Waals surface area contributed by atoms with E-state index >= 15 is 0 Å². The minimum absolute atomic E-state index is 0.0381. The second-order valence-corrected chi connectivity index (χ2v) is 4.93. The lowest BCUT2D eigenvalue weighted by atomic mass is 10.2. The number of ether oxygens (including phenoxy) is 1. The van der Waals surface area contributed by atoms with E-state index in [0.717, 1.165) is 11.3 Å². The average molecular weight is 335 g/mol. The Balaban J connectivity index is 1.93. The summed E-state index contributed by atoms with van der Waals surface area (Å²) in [6, 6.07) is 14.1. The largest absolute Gasteiger partial charge is 0.479 e. The summed E-state index contributed by atoms with van der Waals surface area (Å²) in [5, 5.41) is 11.6. The summed E-state index contributed by atoms with van der Waals surface area (Å²) in [4.78, 5) is 0. The van der Waals surface area contributed by atoms with Gasteiger partial charge in [-0.3, -0.25) is 0 Å². The number of nitrogens with one attached hydrogen (secondary N) is 1. The van der Waals surface area contributed by atoms with E-state index < -0.39 is 0 Å². The molecular formula is C15H12BrFN2O. The van der Waals surface area contributed by atoms with Gasteiger partial charge in [0.2, 0.25) is 0 Å². The SMILES string of the molecule is N#CCOc1ccc(NCc2ccc(F)c(Br)c2)cc1. The Hall–Kier alpha value is -2.06. The first-order valence-corrected chi connectivity index (χ1v) is 6.76. The number of hydrogen-bond donors (Lipinski definition) is 1. The number of rotatable bonds is 5. The van der Waals surface area contributed by atoms with Crippen LogP contribution in [0.5, 0.6) is 5.75 Å². The molecule has 2 aromatic rings. The predicted octanol–water partition coefficient (Wildman–Crippen LogP) is 4.10. The fourth-order valence-corrected chi connectivity index (χ4v) is 2.06. The molecule has 3 nitrogen and oxygen atoms in total. The second kappa shape index (κ2) is 6.92. The van der Waals surface area contributed by atoms with Gasteiger partial charge in [-0.25, -0.2) is 4.39 Å². The molecule has 0 heterocycles. The number of nitrogens with zero attached hydrogens (tertiary/aromatic N) is 1. The first-order valence-electron chi connectivity index (χ1n) is 5.96. The molecule has 2 aromatic carbocycles. The van der Waals surface area contributed by atoms with Crippen molar-refractivity contribution in [2.75, 3.05) is 11.9 Å². The van der Waals surface area contributed by atoms with Crippen LogP contribution < -0.4 is 10.1 Å². The third kappa shape index (κ3) is 3.97. The van der Waals surface area contributed by atoms with Crippen LogP contribution in [0, 0.1) is 17.1 Å². The molecule has 5 heteroatoms. The highest BCUT2D eigenvalue weighted by Gasteiger charge is 2.01. The first kappa shape index (κ1) is 14.4. The maximum atomic E-state index is 13.1. The normalized spacial score (nSPS) is 9.85. The highest BCUT2D eigenvalue weighted by Crippen LogP contribution is 2.19. The second-order valence-electron chi connectivity index (χ2n) is 4.07. The molecule has 0 fully saturated rings. The van der Waals surface area contributed by atoms with Crippen molar-refractivity contribution in [3.8, 4) is 11.8 Å². The quantitative estimate of drug-likeness (QED) is 0.895. The third-order valence-corrected chi connectivity index (χ3v) is 3.25. The standard InChI is InChI=1S/C15H12BrFN2O/c16-14-9-11(1-6-15(14)17)10-19-12-2-4-13(5-3-12)20-8-7-18/h1-6,9,19H,8,10H2. The van der Waals surface area contributed by atoms with Crippen LogP contribution in [0.15, 0.2) is 46.9 Å². The molecule has 0 atom stereocenters. The maximum Gasteiger partial charge on any atom is 0.174 e. The Labute approximate surface area is 125 Å². The molecule has 0 aliphatic heterocycles. The summed E-state index contributed by atoms with van der Waals surface area (Å²) in [5.74, 6) is 0.384. The van der Waals surface area contributed by atoms with Crippen LogP contribution >= 0.6 is 15.9 Å². The predicted molar refractivity (Wildman–Crippen MR) is 79.0 cm³/mol. The first-order chi connectivity index (χ1) is 9.69. The van der Waals surface area contributed by atoms with Gasteiger partial charge in [-0.1, -0.05) is 6.07 Å². The van der Waals surface area contributed by atoms with Crippen LogP contribution in [0.4, 0.5) is 10.1 Å². The topological polar surface area (TPSA) is 45.0 Å². The van der Waals surface area contributed by atoms with Gasteiger partial charge in [-0.05, 0) is 57.9 Å². The lowest BCUT2D eigenvalue weighted by Gasteiger charge is -2.08. The van der Waals surface area contributed by atoms with E-state index in [1.54, 1.807) is 24.3 Å². The summed E-state index contributed by atoms with van der Waals surface area (Å²) in [6.07, 6.45) is 0. The Bertz CT molecular complexity index is 623. The summed E-state index contributed by atoms with van der Waals surface area (Å²) in [7, 11) is 0. The van der Waals surface area contributed by atoms with E-state index in [0.29, 0.717) is 16.8 Å². The van der Waals surface area contributed by atoms with E-state index in [9.17, 15) is 4.39 Å². The highest BCUT2D eigenvalue weighted by molar-refractivity contribution is 9.10. The van der Waals surface area contributed by atoms with Crippen LogP contribution in [0.25, 0.3) is 0 Å². The van der Waals surface area contributed by atoms with Gasteiger partial charge in [0.25, 0.3) is 0 Å². The van der Waals surface area contributed by atoms with Crippen molar-refractivity contribution >= 4 is 21.6 Å². The number of benzene rings is 2. The summed E-state index contributed by atoms with van der Waals surface area (Å²) >= 11 is 3.16. The monoisotopic (exact) mass is 334 g/mol. The van der Waals surface area contributed by atoms with Gasteiger partial charge in [-0.15, -0.1) is 0 Å². The van der Waals surface area contributed by atoms with Crippen LogP contribution in [-0.4, -0.2) is 6.61 Å². The van der Waals surface area contributed by atoms with Gasteiger partial charge >= 0.3 is 0 Å². The lowest BCUT2D eigenvalue weighted by molar-refractivity contribution is 0.368. The molecule has 0 spiro atoms. The minimum Gasteiger partial charge on any atom is -0.479 e. The fraction of sp³-hybridized carbons (Fsp3) is 0.133. The van der Waals surface area contributed by atoms with Crippen LogP contribution in [0.3, 0.4) is 0 Å². The molecule has 0 unspecified atom stereocenters. The Morgan fingerprint density at radius 2 is 1.95 bits per heavy atom. The van der Waals surface area contributed by atoms with Gasteiger partial charge in [0.1, 0.15) is 17.6 Å². The van der Waals surface area contributed by atoms with Crippen molar-refractivity contribution in [1.29, 1.82) is 5.26 Å². The molecule has 1 N–H and O–H groups in total. The Morgan fingerprint density at radius 3 is 2.60 bits per heavy atom. The Kier molecular flexibility index (Phi) is 4.97. The molecule has 0 radical (unpaired) electrons. The molecule has 0 aliphatic carbocycles. The van der Waals surface area contributed by atoms with E-state index in [-0.39, 0.29) is 12.4 Å². The van der Waals surface area contributed by atoms with Crippen molar-refractivity contribution in [3.05, 3.63) is 58.3 Å². The van der Waals surface area contributed by atoms with Crippen molar-refractivity contribution in [3.63, 3.8) is 0 Å². The van der Waals surface area contributed by atoms with Gasteiger partial charge < -0.3 is 10.1 Å². The number of nitriles is 1. The lowest BCUT2D eigenvalue weighted by Crippen LogP contribution is -2.00. The van der Waals surface area contributed by atoms with Crippen LogP contribution in [-0.2, 0) is 6.54 Å². The smallest absolute Gasteiger partial charge is 0.174 e. The van der Waals surface area contributed by atoms with E-state index in [2.05, 4.69) is 21.2 Å². The van der Waals surface area contributed by atoms with Crippen LogP contribution in [0.2, 0.25) is 0 Å². The zero-order valence-corrected chi connectivity index (χ0v) is 12.2. The summed E-state index contributed by atoms with van der Waals surface area (Å²) in [5.41, 5.74) is 1.90. The Morgan fingerprint density at radius 1 is 1.20 bits per heavy atom. The van der Waals surface area contributed by atoms with Gasteiger partial charge in [0, 0.05) is 12.2 Å². The minimum atomic E-state index is -0.271. The molecule has 2 rings (SSSR count). The molecule has 0 saturated carbocycles. The maximum absolute atomic E-state index is 13.1. The molecule has 0 aliphatic rings. The zero-order valence-electron chi connectivity index (χ0n) is 10.6. The molecule has 0 aromatic heterocycles. The molecule has 102 valence electrons. The van der Waals surface area contributed by atoms with E-state index in [1.165, 1.54) is 6.07 Å². The fourth-order valence-electron chi connectivity index (χ4n) is 1.64. The van der Waals surface area contributed by atoms with E-state index in [1.807, 2.05) is 18.2 Å². The molecular weight excluding hydrogens is 323 g/mol. The summed E-state index contributed by atoms with van der Waals surface area (Å²) < 4.78 is 18.7. The number of halogens is 2. The van der Waals surface area contributed by atoms with Gasteiger partial charge in [0.15, 0.2) is 6.61 Å². The molecule has 0 saturated heterocycles. The average Bonchev–Trinajstić information content (AvgIpc) is 2.47. The third-order valence-electron chi connectivity index (χ3n) is 2.64. The van der Waals surface area contributed by atoms with Crippen molar-refractivity contribution in [1.82, 2.24) is 0 Å². The van der Waals surface area contributed by atoms with Crippen molar-refractivity contribution < 1.29 is 9.13 Å². The number of anilines is 1.